The summed E-state index contributed by atoms with van der Waals surface area (Å²) in [7, 11) is 1.57. The van der Waals surface area contributed by atoms with Crippen LogP contribution in [0.4, 0.5) is 0 Å². The topological polar surface area (TPSA) is 105 Å². The number of allylic oxidation sites excluding steroid dienone is 3. The number of aliphatic hydroxyl groups is 1. The van der Waals surface area contributed by atoms with Gasteiger partial charge in [-0.05, 0) is 38.5 Å². The van der Waals surface area contributed by atoms with Crippen molar-refractivity contribution in [3.63, 3.8) is 0 Å². The first-order valence-corrected chi connectivity index (χ1v) is 25.7. The fourth-order valence-electron chi connectivity index (χ4n) is 7.04. The highest BCUT2D eigenvalue weighted by atomic mass is 31.2. The maximum Gasteiger partial charge on any atom is 0.472 e. The molecule has 0 heterocycles. The molecule has 3 N–H and O–H groups in total. The third kappa shape index (κ3) is 42.9. The Hall–Kier alpha value is -1.02. The molecule has 0 aliphatic rings. The molecule has 0 saturated heterocycles. The summed E-state index contributed by atoms with van der Waals surface area (Å²) in [6, 6.07) is -0.847. The Morgan fingerprint density at radius 1 is 0.579 bits per heavy atom. The van der Waals surface area contributed by atoms with Crippen molar-refractivity contribution in [2.45, 2.75) is 238 Å². The van der Waals surface area contributed by atoms with Crippen molar-refractivity contribution in [3.05, 3.63) is 24.3 Å². The SMILES string of the molecule is CCC/C=C\CCCCCCCC(=O)NC(COP(=O)(O)OCC[N+](C)(C)C)C(O)/C=C/CCCCCCCCCCCCCCCCCCCCCCCCC. The lowest BCUT2D eigenvalue weighted by Crippen LogP contribution is -2.45. The van der Waals surface area contributed by atoms with E-state index in [0.29, 0.717) is 17.4 Å². The predicted octanol–water partition coefficient (Wildman–Crippen LogP) is 13.7. The number of unbranched alkanes of at least 4 members (excludes halogenated alkanes) is 29. The summed E-state index contributed by atoms with van der Waals surface area (Å²) in [5, 5.41) is 13.8. The van der Waals surface area contributed by atoms with Crippen LogP contribution in [0.2, 0.25) is 0 Å². The van der Waals surface area contributed by atoms with Gasteiger partial charge in [0.15, 0.2) is 0 Å². The zero-order valence-corrected chi connectivity index (χ0v) is 39.2. The van der Waals surface area contributed by atoms with Gasteiger partial charge in [-0.15, -0.1) is 0 Å². The van der Waals surface area contributed by atoms with E-state index >= 15 is 0 Å². The molecule has 8 nitrogen and oxygen atoms in total. The molecule has 338 valence electrons. The number of hydrogen-bond acceptors (Lipinski definition) is 5. The van der Waals surface area contributed by atoms with Gasteiger partial charge in [0.25, 0.3) is 0 Å². The van der Waals surface area contributed by atoms with Crippen LogP contribution < -0.4 is 5.32 Å². The molecule has 0 aromatic carbocycles. The van der Waals surface area contributed by atoms with Crippen LogP contribution >= 0.6 is 7.82 Å². The normalized spacial score (nSPS) is 14.4. The van der Waals surface area contributed by atoms with E-state index in [9.17, 15) is 19.4 Å². The van der Waals surface area contributed by atoms with Crippen molar-refractivity contribution in [2.75, 3.05) is 40.9 Å². The fourth-order valence-corrected chi connectivity index (χ4v) is 7.78. The van der Waals surface area contributed by atoms with Crippen molar-refractivity contribution in [1.29, 1.82) is 0 Å². The number of phosphoric acid groups is 1. The Kier molecular flexibility index (Phi) is 39.7. The third-order valence-electron chi connectivity index (χ3n) is 10.9. The molecule has 9 heteroatoms. The molecule has 57 heavy (non-hydrogen) atoms. The molecule has 0 rings (SSSR count). The number of aliphatic hydroxyl groups excluding tert-OH is 1. The number of likely N-dealkylation sites (N-methyl/N-ethyl adjacent to an activating group) is 1. The van der Waals surface area contributed by atoms with E-state index in [-0.39, 0.29) is 19.1 Å². The van der Waals surface area contributed by atoms with E-state index in [1.807, 2.05) is 27.2 Å². The highest BCUT2D eigenvalue weighted by molar-refractivity contribution is 7.47. The van der Waals surface area contributed by atoms with Crippen molar-refractivity contribution >= 4 is 13.7 Å². The first kappa shape index (κ1) is 56.0. The van der Waals surface area contributed by atoms with Gasteiger partial charge >= 0.3 is 7.82 Å². The smallest absolute Gasteiger partial charge is 0.387 e. The summed E-state index contributed by atoms with van der Waals surface area (Å²) in [5.74, 6) is -0.188. The van der Waals surface area contributed by atoms with E-state index in [1.54, 1.807) is 6.08 Å². The van der Waals surface area contributed by atoms with Gasteiger partial charge < -0.3 is 19.8 Å². The maximum atomic E-state index is 12.8. The third-order valence-corrected chi connectivity index (χ3v) is 11.9. The van der Waals surface area contributed by atoms with Crippen molar-refractivity contribution < 1.29 is 32.9 Å². The second-order valence-electron chi connectivity index (χ2n) is 17.8. The lowest BCUT2D eigenvalue weighted by Gasteiger charge is -2.25. The number of carbonyl (C=O) groups excluding carboxylic acids is 1. The molecular weight excluding hydrogens is 732 g/mol. The van der Waals surface area contributed by atoms with Crippen LogP contribution in [0.1, 0.15) is 226 Å². The number of quaternary nitrogens is 1. The molecule has 0 spiro atoms. The minimum absolute atomic E-state index is 0.0609. The first-order chi connectivity index (χ1) is 27.5. The molecule has 0 saturated carbocycles. The summed E-state index contributed by atoms with van der Waals surface area (Å²) in [6.07, 6.45) is 48.4. The first-order valence-electron chi connectivity index (χ1n) is 24.2. The number of carbonyl (C=O) groups is 1. The van der Waals surface area contributed by atoms with Crippen molar-refractivity contribution in [1.82, 2.24) is 5.32 Å². The zero-order chi connectivity index (χ0) is 42.1. The van der Waals surface area contributed by atoms with Crippen molar-refractivity contribution in [2.24, 2.45) is 0 Å². The average molecular weight is 828 g/mol. The minimum Gasteiger partial charge on any atom is -0.387 e. The Labute approximate surface area is 354 Å². The van der Waals surface area contributed by atoms with Crippen LogP contribution in [0.25, 0.3) is 0 Å². The second kappa shape index (κ2) is 40.4. The summed E-state index contributed by atoms with van der Waals surface area (Å²) >= 11 is 0. The molecule has 0 aliphatic heterocycles. The highest BCUT2D eigenvalue weighted by Gasteiger charge is 2.27. The van der Waals surface area contributed by atoms with E-state index < -0.39 is 20.0 Å². The summed E-state index contributed by atoms with van der Waals surface area (Å²) in [6.45, 7) is 4.75. The quantitative estimate of drug-likeness (QED) is 0.0244. The molecule has 0 bridgehead atoms. The Balaban J connectivity index is 4.19. The number of amides is 1. The van der Waals surface area contributed by atoms with Crippen LogP contribution in [0.5, 0.6) is 0 Å². The number of hydrogen-bond donors (Lipinski definition) is 3. The van der Waals surface area contributed by atoms with Crippen LogP contribution in [-0.4, -0.2) is 73.4 Å². The molecule has 1 amide bonds. The number of nitrogens with zero attached hydrogens (tertiary/aromatic N) is 1. The van der Waals surface area contributed by atoms with E-state index in [0.717, 1.165) is 57.8 Å². The van der Waals surface area contributed by atoms with Gasteiger partial charge in [-0.1, -0.05) is 205 Å². The number of phosphoric ester groups is 1. The molecule has 0 fully saturated rings. The van der Waals surface area contributed by atoms with Crippen LogP contribution in [0.3, 0.4) is 0 Å². The largest absolute Gasteiger partial charge is 0.472 e. The minimum atomic E-state index is -4.33. The average Bonchev–Trinajstić information content (AvgIpc) is 3.16. The van der Waals surface area contributed by atoms with E-state index in [2.05, 4.69) is 31.3 Å². The molecule has 0 radical (unpaired) electrons. The van der Waals surface area contributed by atoms with Gasteiger partial charge in [-0.25, -0.2) is 4.57 Å². The highest BCUT2D eigenvalue weighted by Crippen LogP contribution is 2.43. The molecule has 0 aromatic heterocycles. The lowest BCUT2D eigenvalue weighted by molar-refractivity contribution is -0.870. The molecule has 0 aromatic rings. The van der Waals surface area contributed by atoms with Gasteiger partial charge in [-0.3, -0.25) is 13.8 Å². The lowest BCUT2D eigenvalue weighted by atomic mass is 10.0. The molecule has 3 atom stereocenters. The Bertz CT molecular complexity index is 984. The van der Waals surface area contributed by atoms with Gasteiger partial charge in [0.1, 0.15) is 13.2 Å². The van der Waals surface area contributed by atoms with Crippen molar-refractivity contribution in [3.8, 4) is 0 Å². The van der Waals surface area contributed by atoms with Crippen LogP contribution in [-0.2, 0) is 18.4 Å². The summed E-state index contributed by atoms with van der Waals surface area (Å²) in [5.41, 5.74) is 0. The fraction of sp³-hybridized carbons (Fsp3) is 0.896. The molecule has 3 unspecified atom stereocenters. The van der Waals surface area contributed by atoms with Gasteiger partial charge in [0, 0.05) is 6.42 Å². The summed E-state index contributed by atoms with van der Waals surface area (Å²) in [4.78, 5) is 23.1. The zero-order valence-electron chi connectivity index (χ0n) is 38.3. The second-order valence-corrected chi connectivity index (χ2v) is 19.3. The van der Waals surface area contributed by atoms with Gasteiger partial charge in [-0.2, -0.15) is 0 Å². The Morgan fingerprint density at radius 2 is 0.982 bits per heavy atom. The van der Waals surface area contributed by atoms with Gasteiger partial charge in [0.05, 0.1) is 39.9 Å². The predicted molar refractivity (Wildman–Crippen MR) is 245 cm³/mol. The van der Waals surface area contributed by atoms with Crippen LogP contribution in [0.15, 0.2) is 24.3 Å². The monoisotopic (exact) mass is 828 g/mol. The van der Waals surface area contributed by atoms with E-state index in [4.69, 9.17) is 9.05 Å². The molecule has 0 aliphatic carbocycles. The Morgan fingerprint density at radius 3 is 1.42 bits per heavy atom. The van der Waals surface area contributed by atoms with E-state index in [1.165, 1.54) is 148 Å². The summed E-state index contributed by atoms with van der Waals surface area (Å²) < 4.78 is 23.5. The number of rotatable bonds is 44. The molecular formula is C48H96N2O6P+. The number of nitrogens with one attached hydrogen (secondary N) is 1. The maximum absolute atomic E-state index is 12.8. The van der Waals surface area contributed by atoms with Gasteiger partial charge in [0.2, 0.25) is 5.91 Å². The van der Waals surface area contributed by atoms with Crippen LogP contribution in [0, 0.1) is 0 Å². The standard InChI is InChI=1S/C48H95N2O6P/c1-6-8-10-12-14-16-18-19-20-21-22-23-24-25-26-27-28-29-30-31-32-33-35-37-39-41-47(51)46(45-56-57(53,54)55-44-43-50(3,4)5)49-48(52)42-40-38-36-34-17-15-13-11-9-7-2/h11,13,39,41,46-47,51H,6-10,12,14-38,40,42-45H2,1-5H3,(H-,49,52,53,54)/p+1/b13-11-,41-39+.